The molecule has 3 fully saturated rings. The molecule has 0 bridgehead atoms. The Hall–Kier alpha value is -3.29. The Morgan fingerprint density at radius 3 is 1.48 bits per heavy atom. The number of hydrogen-bond acceptors (Lipinski definition) is 13. The standard InChI is InChI=1S/C41H62N2O11/c1-19(2)24(43-54)22-28(46)39(12,16-15-38(11)30(48)23(26(44)20(3)4)27(45)36(7,8)33(38)51)35(53)40(13,29(22)47)17-18-41(14)32(50)25(42-21(5)6)31(49)37(9,10)34(41)52/h19-23,25-26,29,42,44,47,54H,15-18H2,1-14H3/b43-24+. The molecule has 9 atom stereocenters. The number of nitrogens with one attached hydrogen (secondary N) is 1. The number of ketones is 8. The van der Waals surface area contributed by atoms with Gasteiger partial charge < -0.3 is 15.4 Å². The molecule has 13 nitrogen and oxygen atoms in total. The summed E-state index contributed by atoms with van der Waals surface area (Å²) in [5.41, 5.74) is -10.8. The number of aliphatic hydroxyl groups excluding tert-OH is 2. The zero-order valence-electron chi connectivity index (χ0n) is 34.5. The van der Waals surface area contributed by atoms with Crippen molar-refractivity contribution in [2.24, 2.45) is 61.3 Å². The molecule has 3 rings (SSSR count). The number of oxime groups is 1. The van der Waals surface area contributed by atoms with Gasteiger partial charge in [0.1, 0.15) is 12.0 Å². The van der Waals surface area contributed by atoms with Gasteiger partial charge in [-0.2, -0.15) is 0 Å². The molecule has 302 valence electrons. The predicted molar refractivity (Wildman–Crippen MR) is 198 cm³/mol. The molecule has 54 heavy (non-hydrogen) atoms. The maximum atomic E-state index is 14.9. The second-order valence-corrected chi connectivity index (χ2v) is 19.0. The Morgan fingerprint density at radius 2 is 1.06 bits per heavy atom. The number of nitrogens with zero attached hydrogens (tertiary/aromatic N) is 1. The van der Waals surface area contributed by atoms with Gasteiger partial charge in [0.05, 0.1) is 56.3 Å². The van der Waals surface area contributed by atoms with Crippen LogP contribution in [0.25, 0.3) is 0 Å². The number of hydrogen-bond donors (Lipinski definition) is 4. The number of carbonyl (C=O) groups excluding carboxylic acids is 8. The van der Waals surface area contributed by atoms with E-state index in [1.54, 1.807) is 41.5 Å². The van der Waals surface area contributed by atoms with Gasteiger partial charge in [0.15, 0.2) is 46.3 Å². The first-order valence-corrected chi connectivity index (χ1v) is 19.1. The molecule has 0 aliphatic heterocycles. The molecular formula is C41H62N2O11. The van der Waals surface area contributed by atoms with Crippen molar-refractivity contribution in [2.75, 3.05) is 0 Å². The molecule has 0 heterocycles. The maximum absolute atomic E-state index is 14.9. The monoisotopic (exact) mass is 758 g/mol. The van der Waals surface area contributed by atoms with Gasteiger partial charge in [-0.15, -0.1) is 0 Å². The van der Waals surface area contributed by atoms with Crippen LogP contribution >= 0.6 is 0 Å². The molecule has 3 aliphatic carbocycles. The van der Waals surface area contributed by atoms with Gasteiger partial charge in [0.2, 0.25) is 0 Å². The average molecular weight is 759 g/mol. The molecule has 0 spiro atoms. The van der Waals surface area contributed by atoms with E-state index in [1.165, 1.54) is 55.4 Å². The van der Waals surface area contributed by atoms with E-state index in [4.69, 9.17) is 0 Å². The topological polar surface area (TPSA) is 222 Å². The molecule has 0 aromatic carbocycles. The molecule has 13 heteroatoms. The number of carbonyl (C=O) groups is 8. The lowest BCUT2D eigenvalue weighted by molar-refractivity contribution is -0.172. The second-order valence-electron chi connectivity index (χ2n) is 19.0. The molecular weight excluding hydrogens is 696 g/mol. The smallest absolute Gasteiger partial charge is 0.170 e. The van der Waals surface area contributed by atoms with E-state index in [2.05, 4.69) is 10.5 Å². The summed E-state index contributed by atoms with van der Waals surface area (Å²) in [6, 6.07) is -1.58. The summed E-state index contributed by atoms with van der Waals surface area (Å²) in [7, 11) is 0. The number of aliphatic hydroxyl groups is 2. The first-order valence-electron chi connectivity index (χ1n) is 19.1. The Kier molecular flexibility index (Phi) is 12.2. The third-order valence-electron chi connectivity index (χ3n) is 13.2. The van der Waals surface area contributed by atoms with Crippen LogP contribution in [0.15, 0.2) is 5.16 Å². The van der Waals surface area contributed by atoms with Crippen LogP contribution in [0.4, 0.5) is 0 Å². The minimum atomic E-state index is -2.00. The van der Waals surface area contributed by atoms with E-state index < -0.39 is 121 Å². The van der Waals surface area contributed by atoms with Crippen molar-refractivity contribution in [3.05, 3.63) is 0 Å². The van der Waals surface area contributed by atoms with Crippen LogP contribution in [-0.4, -0.2) is 91.7 Å². The van der Waals surface area contributed by atoms with Crippen LogP contribution in [0.2, 0.25) is 0 Å². The van der Waals surface area contributed by atoms with E-state index in [1.807, 2.05) is 0 Å². The van der Waals surface area contributed by atoms with Gasteiger partial charge >= 0.3 is 0 Å². The first-order chi connectivity index (χ1) is 24.4. The molecule has 9 unspecified atom stereocenters. The molecule has 0 aromatic heterocycles. The predicted octanol–water partition coefficient (Wildman–Crippen LogP) is 3.68. The fraction of sp³-hybridized carbons (Fsp3) is 0.780. The highest BCUT2D eigenvalue weighted by molar-refractivity contribution is 6.31. The summed E-state index contributed by atoms with van der Waals surface area (Å²) in [6.07, 6.45) is -4.48. The third-order valence-corrected chi connectivity index (χ3v) is 13.2. The zero-order valence-corrected chi connectivity index (χ0v) is 34.5. The van der Waals surface area contributed by atoms with Gasteiger partial charge in [-0.1, -0.05) is 39.8 Å². The lowest BCUT2D eigenvalue weighted by atomic mass is 9.49. The van der Waals surface area contributed by atoms with Crippen LogP contribution in [0.3, 0.4) is 0 Å². The lowest BCUT2D eigenvalue weighted by Crippen LogP contribution is -2.67. The summed E-state index contributed by atoms with van der Waals surface area (Å²) >= 11 is 0. The van der Waals surface area contributed by atoms with Crippen molar-refractivity contribution >= 4 is 52.0 Å². The third kappa shape index (κ3) is 6.69. The summed E-state index contributed by atoms with van der Waals surface area (Å²) in [5.74, 6) is -9.79. The molecule has 3 aliphatic rings. The highest BCUT2D eigenvalue weighted by Crippen LogP contribution is 2.54. The van der Waals surface area contributed by atoms with Crippen molar-refractivity contribution in [3.63, 3.8) is 0 Å². The van der Waals surface area contributed by atoms with Crippen molar-refractivity contribution in [1.29, 1.82) is 0 Å². The Labute approximate surface area is 318 Å². The Bertz CT molecular complexity index is 1670. The lowest BCUT2D eigenvalue weighted by Gasteiger charge is -2.51. The van der Waals surface area contributed by atoms with E-state index in [-0.39, 0.29) is 37.4 Å². The van der Waals surface area contributed by atoms with Crippen LogP contribution in [0.5, 0.6) is 0 Å². The molecule has 0 saturated heterocycles. The van der Waals surface area contributed by atoms with Gasteiger partial charge in [-0.25, -0.2) is 0 Å². The van der Waals surface area contributed by atoms with Gasteiger partial charge in [-0.3, -0.25) is 43.7 Å². The summed E-state index contributed by atoms with van der Waals surface area (Å²) in [5, 5.41) is 39.5. The average Bonchev–Trinajstić information content (AvgIpc) is 3.09. The molecule has 4 N–H and O–H groups in total. The van der Waals surface area contributed by atoms with Crippen LogP contribution in [0, 0.1) is 56.2 Å². The molecule has 0 amide bonds. The van der Waals surface area contributed by atoms with Gasteiger partial charge in [-0.05, 0) is 99.8 Å². The Morgan fingerprint density at radius 1 is 0.630 bits per heavy atom. The van der Waals surface area contributed by atoms with E-state index in [0.29, 0.717) is 0 Å². The number of Topliss-reactive ketones (excluding diaryl/α,β-unsaturated/α-hetero) is 8. The van der Waals surface area contributed by atoms with Crippen LogP contribution < -0.4 is 5.32 Å². The minimum absolute atomic E-state index is 0.107. The number of rotatable bonds is 12. The molecule has 0 radical (unpaired) electrons. The second kappa shape index (κ2) is 14.7. The summed E-state index contributed by atoms with van der Waals surface area (Å²) < 4.78 is 0. The highest BCUT2D eigenvalue weighted by Gasteiger charge is 2.67. The van der Waals surface area contributed by atoms with E-state index >= 15 is 0 Å². The molecule has 3 saturated carbocycles. The normalized spacial score (nSPS) is 36.9. The van der Waals surface area contributed by atoms with E-state index in [0.717, 1.165) is 0 Å². The van der Waals surface area contributed by atoms with Crippen molar-refractivity contribution in [2.45, 2.75) is 147 Å². The minimum Gasteiger partial charge on any atom is -0.411 e. The fourth-order valence-corrected chi connectivity index (χ4v) is 9.20. The maximum Gasteiger partial charge on any atom is 0.170 e. The fourth-order valence-electron chi connectivity index (χ4n) is 9.20. The molecule has 0 aromatic rings. The summed E-state index contributed by atoms with van der Waals surface area (Å²) in [6.45, 7) is 21.3. The summed E-state index contributed by atoms with van der Waals surface area (Å²) in [4.78, 5) is 113. The van der Waals surface area contributed by atoms with Crippen LogP contribution in [-0.2, 0) is 38.4 Å². The van der Waals surface area contributed by atoms with Crippen molar-refractivity contribution in [3.8, 4) is 0 Å². The SMILES string of the molecule is CC(C)NC1C(=O)C(C)(C)C(=O)C(C)(CCC2(C)C(=O)C(C)(CCC3(C)C(=O)C(C(O)C(C)C)C(=O)C(C)(C)C3=O)C(=O)C(/C(=N/O)C(C)C)C2O)C1=O. The highest BCUT2D eigenvalue weighted by atomic mass is 16.4. The zero-order chi connectivity index (χ0) is 42.1. The first kappa shape index (κ1) is 45.1. The van der Waals surface area contributed by atoms with Gasteiger partial charge in [0, 0.05) is 6.04 Å². The largest absolute Gasteiger partial charge is 0.411 e. The quantitative estimate of drug-likeness (QED) is 0.0969. The van der Waals surface area contributed by atoms with Crippen molar-refractivity contribution in [1.82, 2.24) is 5.32 Å². The van der Waals surface area contributed by atoms with Crippen molar-refractivity contribution < 1.29 is 53.8 Å². The van der Waals surface area contributed by atoms with Gasteiger partial charge in [0.25, 0.3) is 0 Å². The van der Waals surface area contributed by atoms with Crippen LogP contribution in [0.1, 0.15) is 123 Å². The Balaban J connectivity index is 2.17. The van der Waals surface area contributed by atoms with E-state index in [9.17, 15) is 53.8 Å².